The molecule has 0 fully saturated rings. The van der Waals surface area contributed by atoms with Crippen LogP contribution in [0.2, 0.25) is 0 Å². The van der Waals surface area contributed by atoms with Crippen molar-refractivity contribution < 1.29 is 9.53 Å². The van der Waals surface area contributed by atoms with Crippen LogP contribution in [0, 0.1) is 20.8 Å². The van der Waals surface area contributed by atoms with Crippen molar-refractivity contribution in [2.45, 2.75) is 27.3 Å². The van der Waals surface area contributed by atoms with E-state index in [0.29, 0.717) is 16.9 Å². The number of aromatic amines is 1. The standard InChI is InChI=1S/C27H26N2O3/c1-17-5-12-25-21(13-17)15-22(26(30)28-25)16-29(23-9-6-18(2)19(3)14-23)27(31)20-7-10-24(32-4)11-8-20/h5-15H,16H2,1-4H3,(H,28,30). The van der Waals surface area contributed by atoms with E-state index in [-0.39, 0.29) is 18.0 Å². The number of aryl methyl sites for hydroxylation is 3. The van der Waals surface area contributed by atoms with Gasteiger partial charge in [-0.25, -0.2) is 0 Å². The van der Waals surface area contributed by atoms with Crippen LogP contribution >= 0.6 is 0 Å². The third-order valence-corrected chi connectivity index (χ3v) is 5.79. The minimum atomic E-state index is -0.197. The molecule has 0 bridgehead atoms. The molecule has 1 N–H and O–H groups in total. The number of methoxy groups -OCH3 is 1. The number of fused-ring (bicyclic) bond motifs is 1. The number of nitrogens with one attached hydrogen (secondary N) is 1. The SMILES string of the molecule is COc1ccc(C(=O)N(Cc2cc3cc(C)ccc3[nH]c2=O)c2ccc(C)c(C)c2)cc1. The van der Waals surface area contributed by atoms with E-state index in [4.69, 9.17) is 4.74 Å². The van der Waals surface area contributed by atoms with E-state index in [9.17, 15) is 9.59 Å². The molecule has 0 aliphatic heterocycles. The van der Waals surface area contributed by atoms with Gasteiger partial charge in [0.1, 0.15) is 5.75 Å². The average Bonchev–Trinajstić information content (AvgIpc) is 2.79. The topological polar surface area (TPSA) is 62.4 Å². The minimum Gasteiger partial charge on any atom is -0.497 e. The van der Waals surface area contributed by atoms with Gasteiger partial charge >= 0.3 is 0 Å². The van der Waals surface area contributed by atoms with Gasteiger partial charge in [0.15, 0.2) is 0 Å². The zero-order valence-electron chi connectivity index (χ0n) is 18.7. The van der Waals surface area contributed by atoms with Crippen LogP contribution in [-0.2, 0) is 6.54 Å². The first kappa shape index (κ1) is 21.4. The first-order valence-electron chi connectivity index (χ1n) is 10.5. The Kier molecular flexibility index (Phi) is 5.82. The minimum absolute atomic E-state index is 0.159. The van der Waals surface area contributed by atoms with Gasteiger partial charge in [0.05, 0.1) is 13.7 Å². The third-order valence-electron chi connectivity index (χ3n) is 5.79. The molecule has 1 heterocycles. The van der Waals surface area contributed by atoms with Gasteiger partial charge in [0.2, 0.25) is 0 Å². The summed E-state index contributed by atoms with van der Waals surface area (Å²) in [5, 5.41) is 0.941. The highest BCUT2D eigenvalue weighted by molar-refractivity contribution is 6.06. The van der Waals surface area contributed by atoms with Gasteiger partial charge in [-0.15, -0.1) is 0 Å². The van der Waals surface area contributed by atoms with Crippen LogP contribution in [0.3, 0.4) is 0 Å². The van der Waals surface area contributed by atoms with Gasteiger partial charge in [0, 0.05) is 22.3 Å². The third kappa shape index (κ3) is 4.28. The second-order valence-corrected chi connectivity index (χ2v) is 8.10. The van der Waals surface area contributed by atoms with Crippen molar-refractivity contribution in [3.8, 4) is 5.75 Å². The fraction of sp³-hybridized carbons (Fsp3) is 0.185. The number of carbonyl (C=O) groups excluding carboxylic acids is 1. The van der Waals surface area contributed by atoms with Crippen LogP contribution in [0.25, 0.3) is 10.9 Å². The number of rotatable bonds is 5. The molecule has 0 saturated carbocycles. The summed E-state index contributed by atoms with van der Waals surface area (Å²) in [7, 11) is 1.59. The summed E-state index contributed by atoms with van der Waals surface area (Å²) in [5.41, 5.74) is 5.72. The average molecular weight is 427 g/mol. The second-order valence-electron chi connectivity index (χ2n) is 8.10. The van der Waals surface area contributed by atoms with E-state index in [1.807, 2.05) is 63.2 Å². The van der Waals surface area contributed by atoms with Crippen molar-refractivity contribution >= 4 is 22.5 Å². The van der Waals surface area contributed by atoms with E-state index in [1.54, 1.807) is 36.3 Å². The normalized spacial score (nSPS) is 10.9. The fourth-order valence-electron chi connectivity index (χ4n) is 3.72. The highest BCUT2D eigenvalue weighted by atomic mass is 16.5. The van der Waals surface area contributed by atoms with Gasteiger partial charge in [-0.3, -0.25) is 9.59 Å². The molecule has 162 valence electrons. The first-order valence-corrected chi connectivity index (χ1v) is 10.5. The van der Waals surface area contributed by atoms with E-state index >= 15 is 0 Å². The summed E-state index contributed by atoms with van der Waals surface area (Å²) in [6.07, 6.45) is 0. The molecule has 1 aromatic heterocycles. The molecule has 0 radical (unpaired) electrons. The maximum absolute atomic E-state index is 13.5. The largest absolute Gasteiger partial charge is 0.497 e. The molecule has 0 saturated heterocycles. The van der Waals surface area contributed by atoms with Crippen LogP contribution in [0.5, 0.6) is 5.75 Å². The maximum atomic E-state index is 13.5. The zero-order valence-corrected chi connectivity index (χ0v) is 18.7. The number of amides is 1. The summed E-state index contributed by atoms with van der Waals surface area (Å²) in [6, 6.07) is 20.7. The molecule has 4 aromatic rings. The Bertz CT molecular complexity index is 1350. The molecule has 4 rings (SSSR count). The summed E-state index contributed by atoms with van der Waals surface area (Å²) in [5.74, 6) is 0.500. The highest BCUT2D eigenvalue weighted by Gasteiger charge is 2.20. The lowest BCUT2D eigenvalue weighted by Gasteiger charge is -2.24. The van der Waals surface area contributed by atoms with Crippen molar-refractivity contribution in [1.82, 2.24) is 4.98 Å². The molecule has 3 aromatic carbocycles. The van der Waals surface area contributed by atoms with Gasteiger partial charge in [-0.05, 0) is 91.9 Å². The monoisotopic (exact) mass is 426 g/mol. The number of H-pyrrole nitrogens is 1. The van der Waals surface area contributed by atoms with Gasteiger partial charge in [-0.1, -0.05) is 17.7 Å². The maximum Gasteiger partial charge on any atom is 0.258 e. The summed E-state index contributed by atoms with van der Waals surface area (Å²) in [6.45, 7) is 6.22. The molecule has 0 spiro atoms. The molecule has 0 aliphatic rings. The van der Waals surface area contributed by atoms with Crippen molar-refractivity contribution in [2.75, 3.05) is 12.0 Å². The Morgan fingerprint density at radius 3 is 2.34 bits per heavy atom. The van der Waals surface area contributed by atoms with E-state index in [1.165, 1.54) is 0 Å². The molecular weight excluding hydrogens is 400 g/mol. The Morgan fingerprint density at radius 1 is 0.906 bits per heavy atom. The number of benzene rings is 3. The van der Waals surface area contributed by atoms with Crippen molar-refractivity contribution in [3.05, 3.63) is 105 Å². The molecule has 0 aliphatic carbocycles. The van der Waals surface area contributed by atoms with Crippen LogP contribution in [-0.4, -0.2) is 18.0 Å². The molecule has 0 unspecified atom stereocenters. The lowest BCUT2D eigenvalue weighted by atomic mass is 10.1. The smallest absolute Gasteiger partial charge is 0.258 e. The Labute approximate surface area is 187 Å². The lowest BCUT2D eigenvalue weighted by Crippen LogP contribution is -2.33. The quantitative estimate of drug-likeness (QED) is 0.470. The van der Waals surface area contributed by atoms with E-state index in [2.05, 4.69) is 4.98 Å². The molecule has 32 heavy (non-hydrogen) atoms. The predicted molar refractivity (Wildman–Crippen MR) is 129 cm³/mol. The predicted octanol–water partition coefficient (Wildman–Crippen LogP) is 5.31. The summed E-state index contributed by atoms with van der Waals surface area (Å²) < 4.78 is 5.21. The van der Waals surface area contributed by atoms with Crippen molar-refractivity contribution in [2.24, 2.45) is 0 Å². The second kappa shape index (κ2) is 8.71. The molecule has 1 amide bonds. The first-order chi connectivity index (χ1) is 15.4. The Balaban J connectivity index is 1.79. The zero-order chi connectivity index (χ0) is 22.8. The molecule has 5 nitrogen and oxygen atoms in total. The summed E-state index contributed by atoms with van der Waals surface area (Å²) >= 11 is 0. The number of anilines is 1. The molecular formula is C27H26N2O3. The Morgan fingerprint density at radius 2 is 1.66 bits per heavy atom. The van der Waals surface area contributed by atoms with Crippen LogP contribution in [0.15, 0.2) is 71.5 Å². The summed E-state index contributed by atoms with van der Waals surface area (Å²) in [4.78, 5) is 31.0. The number of nitrogens with zero attached hydrogens (tertiary/aromatic N) is 1. The Hall–Kier alpha value is -3.86. The number of ether oxygens (including phenoxy) is 1. The number of pyridine rings is 1. The number of carbonyl (C=O) groups is 1. The van der Waals surface area contributed by atoms with Gasteiger partial charge < -0.3 is 14.6 Å². The molecule has 5 heteroatoms. The van der Waals surface area contributed by atoms with Gasteiger partial charge in [-0.2, -0.15) is 0 Å². The molecule has 0 atom stereocenters. The van der Waals surface area contributed by atoms with Crippen LogP contribution < -0.4 is 15.2 Å². The van der Waals surface area contributed by atoms with E-state index < -0.39 is 0 Å². The van der Waals surface area contributed by atoms with Crippen molar-refractivity contribution in [3.63, 3.8) is 0 Å². The van der Waals surface area contributed by atoms with Crippen LogP contribution in [0.4, 0.5) is 5.69 Å². The van der Waals surface area contributed by atoms with Gasteiger partial charge in [0.25, 0.3) is 11.5 Å². The number of hydrogen-bond acceptors (Lipinski definition) is 3. The van der Waals surface area contributed by atoms with Crippen LogP contribution in [0.1, 0.15) is 32.6 Å². The van der Waals surface area contributed by atoms with E-state index in [0.717, 1.165) is 33.3 Å². The lowest BCUT2D eigenvalue weighted by molar-refractivity contribution is 0.0985. The number of aromatic nitrogens is 1. The number of hydrogen-bond donors (Lipinski definition) is 1. The van der Waals surface area contributed by atoms with Crippen molar-refractivity contribution in [1.29, 1.82) is 0 Å². The fourth-order valence-corrected chi connectivity index (χ4v) is 3.72. The highest BCUT2D eigenvalue weighted by Crippen LogP contribution is 2.24.